The van der Waals surface area contributed by atoms with Gasteiger partial charge in [0.15, 0.2) is 16.8 Å². The number of carbonyl (C=O) groups excluding carboxylic acids is 1. The first-order chi connectivity index (χ1) is 13.5. The van der Waals surface area contributed by atoms with Gasteiger partial charge in [0.1, 0.15) is 5.75 Å². The number of hydrogen-bond acceptors (Lipinski definition) is 5. The number of nitrogens with zero attached hydrogens (tertiary/aromatic N) is 3. The largest absolute Gasteiger partial charge is 0.496 e. The smallest absolute Gasteiger partial charge is 0.192 e. The highest BCUT2D eigenvalue weighted by atomic mass is 32.2. The van der Waals surface area contributed by atoms with Crippen LogP contribution in [0.25, 0.3) is 11.4 Å². The number of aromatic nitrogens is 3. The van der Waals surface area contributed by atoms with Crippen LogP contribution in [0.2, 0.25) is 0 Å². The van der Waals surface area contributed by atoms with Crippen LogP contribution in [0.3, 0.4) is 0 Å². The van der Waals surface area contributed by atoms with Crippen molar-refractivity contribution in [3.63, 3.8) is 0 Å². The Balaban J connectivity index is 1.90. The average molecular weight is 394 g/mol. The van der Waals surface area contributed by atoms with Crippen LogP contribution in [0.1, 0.15) is 22.8 Å². The van der Waals surface area contributed by atoms with Crippen molar-refractivity contribution >= 4 is 17.5 Å². The van der Waals surface area contributed by atoms with Crippen LogP contribution >= 0.6 is 11.8 Å². The van der Waals surface area contributed by atoms with E-state index in [1.54, 1.807) is 13.2 Å². The first-order valence-electron chi connectivity index (χ1n) is 9.00. The summed E-state index contributed by atoms with van der Waals surface area (Å²) in [4.78, 5) is 12.8. The van der Waals surface area contributed by atoms with Gasteiger partial charge in [0.2, 0.25) is 0 Å². The molecule has 5 nitrogen and oxygen atoms in total. The van der Waals surface area contributed by atoms with E-state index in [2.05, 4.69) is 16.8 Å². The number of thioether (sulfide) groups is 1. The summed E-state index contributed by atoms with van der Waals surface area (Å²) >= 11 is 1.40. The Hall–Kier alpha value is -2.86. The molecule has 2 aromatic carbocycles. The van der Waals surface area contributed by atoms with E-state index in [4.69, 9.17) is 4.74 Å². The summed E-state index contributed by atoms with van der Waals surface area (Å²) in [6.07, 6.45) is 1.79. The first kappa shape index (κ1) is 19.9. The minimum absolute atomic E-state index is 0.0667. The Morgan fingerprint density at radius 2 is 1.93 bits per heavy atom. The number of benzene rings is 2. The highest BCUT2D eigenvalue weighted by molar-refractivity contribution is 8.00. The van der Waals surface area contributed by atoms with E-state index >= 15 is 0 Å². The lowest BCUT2D eigenvalue weighted by atomic mass is 10.1. The Morgan fingerprint density at radius 1 is 1.21 bits per heavy atom. The maximum atomic E-state index is 12.8. The zero-order valence-electron chi connectivity index (χ0n) is 16.3. The minimum Gasteiger partial charge on any atom is -0.496 e. The molecule has 1 heterocycles. The second kappa shape index (κ2) is 8.89. The number of carbonyl (C=O) groups is 1. The highest BCUT2D eigenvalue weighted by Gasteiger charge is 2.22. The number of Topliss-reactive ketones (excluding diaryl/α,β-unsaturated/α-hetero) is 1. The van der Waals surface area contributed by atoms with Crippen molar-refractivity contribution in [2.45, 2.75) is 30.8 Å². The van der Waals surface area contributed by atoms with E-state index in [1.807, 2.05) is 66.9 Å². The third-order valence-corrected chi connectivity index (χ3v) is 5.44. The topological polar surface area (TPSA) is 57.0 Å². The first-order valence-corrected chi connectivity index (χ1v) is 9.88. The molecule has 0 saturated carbocycles. The van der Waals surface area contributed by atoms with Gasteiger partial charge in [0.05, 0.1) is 17.9 Å². The summed E-state index contributed by atoms with van der Waals surface area (Å²) in [6.45, 7) is 8.27. The van der Waals surface area contributed by atoms with Crippen LogP contribution in [0.4, 0.5) is 0 Å². The zero-order valence-corrected chi connectivity index (χ0v) is 17.1. The summed E-state index contributed by atoms with van der Waals surface area (Å²) in [7, 11) is 1.63. The SMILES string of the molecule is C=CCn1c(S[C@@H](C)C(=O)c2ccc(C)cc2)nnc1-c1ccccc1OC. The predicted octanol–water partition coefficient (Wildman–Crippen LogP) is 4.81. The van der Waals surface area contributed by atoms with Crippen molar-refractivity contribution in [2.75, 3.05) is 7.11 Å². The van der Waals surface area contributed by atoms with Crippen LogP contribution in [0, 0.1) is 6.92 Å². The Labute approximate surface area is 169 Å². The lowest BCUT2D eigenvalue weighted by Gasteiger charge is -2.13. The molecule has 0 unspecified atom stereocenters. The molecule has 0 aliphatic carbocycles. The fourth-order valence-electron chi connectivity index (χ4n) is 2.86. The van der Waals surface area contributed by atoms with Crippen LogP contribution in [0.15, 0.2) is 66.3 Å². The van der Waals surface area contributed by atoms with Crippen LogP contribution in [0.5, 0.6) is 5.75 Å². The molecular weight excluding hydrogens is 370 g/mol. The van der Waals surface area contributed by atoms with Crippen molar-refractivity contribution in [3.8, 4) is 17.1 Å². The Kier molecular flexibility index (Phi) is 6.31. The number of hydrogen-bond donors (Lipinski definition) is 0. The molecule has 144 valence electrons. The molecule has 3 rings (SSSR count). The van der Waals surface area contributed by atoms with Gasteiger partial charge >= 0.3 is 0 Å². The molecule has 0 amide bonds. The van der Waals surface area contributed by atoms with Gasteiger partial charge in [0.25, 0.3) is 0 Å². The molecule has 1 atom stereocenters. The van der Waals surface area contributed by atoms with E-state index in [0.29, 0.717) is 23.1 Å². The third-order valence-electron chi connectivity index (χ3n) is 4.36. The molecule has 0 N–H and O–H groups in total. The molecule has 0 bridgehead atoms. The molecule has 0 fully saturated rings. The van der Waals surface area contributed by atoms with Crippen LogP contribution in [-0.2, 0) is 6.54 Å². The summed E-state index contributed by atoms with van der Waals surface area (Å²) in [5.41, 5.74) is 2.68. The monoisotopic (exact) mass is 393 g/mol. The molecule has 3 aromatic rings. The molecule has 6 heteroatoms. The Bertz CT molecular complexity index is 980. The second-order valence-corrected chi connectivity index (χ2v) is 7.70. The molecule has 0 saturated heterocycles. The van der Waals surface area contributed by atoms with Gasteiger partial charge in [0, 0.05) is 12.1 Å². The van der Waals surface area contributed by atoms with Gasteiger partial charge < -0.3 is 4.74 Å². The van der Waals surface area contributed by atoms with E-state index < -0.39 is 0 Å². The van der Waals surface area contributed by atoms with Crippen molar-refractivity contribution in [2.24, 2.45) is 0 Å². The number of ketones is 1. The van der Waals surface area contributed by atoms with Crippen molar-refractivity contribution in [1.29, 1.82) is 0 Å². The Morgan fingerprint density at radius 3 is 2.61 bits per heavy atom. The zero-order chi connectivity index (χ0) is 20.1. The number of rotatable bonds is 8. The summed E-state index contributed by atoms with van der Waals surface area (Å²) in [5.74, 6) is 1.48. The van der Waals surface area contributed by atoms with Gasteiger partial charge in [-0.15, -0.1) is 16.8 Å². The highest BCUT2D eigenvalue weighted by Crippen LogP contribution is 2.32. The number of aryl methyl sites for hydroxylation is 1. The average Bonchev–Trinajstić information content (AvgIpc) is 3.10. The minimum atomic E-state index is -0.291. The normalized spacial score (nSPS) is 11.8. The van der Waals surface area contributed by atoms with Crippen LogP contribution < -0.4 is 4.74 Å². The molecule has 1 aromatic heterocycles. The van der Waals surface area contributed by atoms with Crippen molar-refractivity contribution in [3.05, 3.63) is 72.3 Å². The molecule has 28 heavy (non-hydrogen) atoms. The number of ether oxygens (including phenoxy) is 1. The molecule has 0 radical (unpaired) electrons. The van der Waals surface area contributed by atoms with Gasteiger partial charge in [-0.1, -0.05) is 59.8 Å². The lowest BCUT2D eigenvalue weighted by molar-refractivity contribution is 0.0994. The molecule has 0 aliphatic rings. The fourth-order valence-corrected chi connectivity index (χ4v) is 3.80. The van der Waals surface area contributed by atoms with Crippen molar-refractivity contribution < 1.29 is 9.53 Å². The van der Waals surface area contributed by atoms with E-state index in [9.17, 15) is 4.79 Å². The van der Waals surface area contributed by atoms with E-state index in [-0.39, 0.29) is 11.0 Å². The fraction of sp³-hybridized carbons (Fsp3) is 0.227. The number of methoxy groups -OCH3 is 1. The molecular formula is C22H23N3O2S. The van der Waals surface area contributed by atoms with Gasteiger partial charge in [-0.3, -0.25) is 9.36 Å². The maximum absolute atomic E-state index is 12.8. The number of allylic oxidation sites excluding steroid dienone is 1. The summed E-state index contributed by atoms with van der Waals surface area (Å²) in [6, 6.07) is 15.3. The van der Waals surface area contributed by atoms with Gasteiger partial charge in [-0.2, -0.15) is 0 Å². The summed E-state index contributed by atoms with van der Waals surface area (Å²) in [5, 5.41) is 9.08. The maximum Gasteiger partial charge on any atom is 0.192 e. The van der Waals surface area contributed by atoms with Crippen LogP contribution in [-0.4, -0.2) is 32.9 Å². The van der Waals surface area contributed by atoms with E-state index in [1.165, 1.54) is 11.8 Å². The molecule has 0 aliphatic heterocycles. The second-order valence-electron chi connectivity index (χ2n) is 6.40. The standard InChI is InChI=1S/C22H23N3O2S/c1-5-14-25-21(18-8-6-7-9-19(18)27-4)23-24-22(25)28-16(3)20(26)17-12-10-15(2)11-13-17/h5-13,16H,1,14H2,2-4H3/t16-/m0/s1. The van der Waals surface area contributed by atoms with Crippen molar-refractivity contribution in [1.82, 2.24) is 14.8 Å². The summed E-state index contributed by atoms with van der Waals surface area (Å²) < 4.78 is 7.41. The number of para-hydroxylation sites is 1. The van der Waals surface area contributed by atoms with E-state index in [0.717, 1.165) is 16.9 Å². The quantitative estimate of drug-likeness (QED) is 0.312. The third kappa shape index (κ3) is 4.17. The van der Waals surface area contributed by atoms with Gasteiger partial charge in [-0.25, -0.2) is 0 Å². The van der Waals surface area contributed by atoms with Gasteiger partial charge in [-0.05, 0) is 26.0 Å². The lowest BCUT2D eigenvalue weighted by Crippen LogP contribution is -2.15. The predicted molar refractivity (Wildman–Crippen MR) is 113 cm³/mol. The molecule has 0 spiro atoms.